The molecule has 0 aliphatic carbocycles. The molecule has 19 heavy (non-hydrogen) atoms. The van der Waals surface area contributed by atoms with Crippen LogP contribution in [0.1, 0.15) is 24.8 Å². The molecule has 2 rings (SSSR count). The maximum atomic E-state index is 13.3. The quantitative estimate of drug-likeness (QED) is 0.902. The summed E-state index contributed by atoms with van der Waals surface area (Å²) >= 11 is 0. The average molecular weight is 261 g/mol. The first kappa shape index (κ1) is 14.0. The molecule has 1 saturated heterocycles. The van der Waals surface area contributed by atoms with E-state index in [4.69, 9.17) is 5.73 Å². The molecule has 1 aliphatic rings. The number of rotatable bonds is 4. The number of piperidine rings is 1. The van der Waals surface area contributed by atoms with Crippen molar-refractivity contribution in [1.82, 2.24) is 4.90 Å². The number of nitrogens with zero attached hydrogens (tertiary/aromatic N) is 2. The van der Waals surface area contributed by atoms with Crippen molar-refractivity contribution in [3.05, 3.63) is 35.6 Å². The normalized spacial score (nSPS) is 19.0. The summed E-state index contributed by atoms with van der Waals surface area (Å²) in [6, 6.07) is 8.89. The van der Waals surface area contributed by atoms with E-state index in [1.165, 1.54) is 12.1 Å². The van der Waals surface area contributed by atoms with Gasteiger partial charge in [-0.1, -0.05) is 12.1 Å². The molecule has 0 bridgehead atoms. The van der Waals surface area contributed by atoms with E-state index in [1.807, 2.05) is 6.07 Å². The summed E-state index contributed by atoms with van der Waals surface area (Å²) in [5, 5.41) is 9.54. The first-order valence-electron chi connectivity index (χ1n) is 6.80. The first-order valence-corrected chi connectivity index (χ1v) is 6.80. The number of likely N-dealkylation sites (tertiary alicyclic amines) is 1. The van der Waals surface area contributed by atoms with Crippen molar-refractivity contribution in [3.63, 3.8) is 0 Å². The van der Waals surface area contributed by atoms with E-state index >= 15 is 0 Å². The van der Waals surface area contributed by atoms with Crippen molar-refractivity contribution in [3.8, 4) is 6.07 Å². The van der Waals surface area contributed by atoms with E-state index in [0.717, 1.165) is 44.5 Å². The summed E-state index contributed by atoms with van der Waals surface area (Å²) in [5.74, 6) is -0.266. The Morgan fingerprint density at radius 3 is 2.68 bits per heavy atom. The molecule has 1 fully saturated rings. The topological polar surface area (TPSA) is 53.0 Å². The van der Waals surface area contributed by atoms with Gasteiger partial charge in [-0.15, -0.1) is 0 Å². The highest BCUT2D eigenvalue weighted by Crippen LogP contribution is 2.35. The second kappa shape index (κ2) is 6.14. The molecule has 0 saturated carbocycles. The maximum absolute atomic E-state index is 13.3. The van der Waals surface area contributed by atoms with Crippen molar-refractivity contribution in [1.29, 1.82) is 5.26 Å². The van der Waals surface area contributed by atoms with E-state index in [1.54, 1.807) is 6.07 Å². The highest BCUT2D eigenvalue weighted by molar-refractivity contribution is 5.33. The minimum Gasteiger partial charge on any atom is -0.330 e. The fourth-order valence-corrected chi connectivity index (χ4v) is 2.72. The van der Waals surface area contributed by atoms with Crippen LogP contribution in [0, 0.1) is 17.1 Å². The Hall–Kier alpha value is -1.44. The molecule has 102 valence electrons. The van der Waals surface area contributed by atoms with E-state index in [-0.39, 0.29) is 5.82 Å². The van der Waals surface area contributed by atoms with Gasteiger partial charge in [-0.3, -0.25) is 0 Å². The molecule has 0 aromatic heterocycles. The molecule has 4 heteroatoms. The summed E-state index contributed by atoms with van der Waals surface area (Å²) < 4.78 is 13.3. The molecule has 1 aromatic carbocycles. The predicted octanol–water partition coefficient (Wildman–Crippen LogP) is 2.03. The molecule has 0 radical (unpaired) electrons. The zero-order valence-corrected chi connectivity index (χ0v) is 11.1. The van der Waals surface area contributed by atoms with Crippen LogP contribution in [0.2, 0.25) is 0 Å². The summed E-state index contributed by atoms with van der Waals surface area (Å²) in [6.45, 7) is 3.44. The van der Waals surface area contributed by atoms with Gasteiger partial charge in [-0.2, -0.15) is 5.26 Å². The molecule has 3 nitrogen and oxygen atoms in total. The molecular formula is C15H20FN3. The number of halogens is 1. The highest BCUT2D eigenvalue weighted by atomic mass is 19.1. The SMILES string of the molecule is N#CC1(c2cccc(F)c2)CCN(CCCN)CC1. The van der Waals surface area contributed by atoms with Crippen molar-refractivity contribution in [2.24, 2.45) is 5.73 Å². The van der Waals surface area contributed by atoms with E-state index in [9.17, 15) is 9.65 Å². The van der Waals surface area contributed by atoms with Crippen LogP contribution in [0.25, 0.3) is 0 Å². The van der Waals surface area contributed by atoms with Crippen molar-refractivity contribution < 1.29 is 4.39 Å². The fourth-order valence-electron chi connectivity index (χ4n) is 2.72. The van der Waals surface area contributed by atoms with Gasteiger partial charge < -0.3 is 10.6 Å². The summed E-state index contributed by atoms with van der Waals surface area (Å²) in [4.78, 5) is 2.34. The Kier molecular flexibility index (Phi) is 4.52. The van der Waals surface area contributed by atoms with Crippen LogP contribution < -0.4 is 5.73 Å². The molecule has 0 spiro atoms. The van der Waals surface area contributed by atoms with Crippen LogP contribution in [0.3, 0.4) is 0 Å². The van der Waals surface area contributed by atoms with Gasteiger partial charge in [-0.25, -0.2) is 4.39 Å². The van der Waals surface area contributed by atoms with E-state index < -0.39 is 5.41 Å². The Morgan fingerprint density at radius 1 is 1.37 bits per heavy atom. The minimum absolute atomic E-state index is 0.266. The second-order valence-electron chi connectivity index (χ2n) is 5.19. The fraction of sp³-hybridized carbons (Fsp3) is 0.533. The van der Waals surface area contributed by atoms with Gasteiger partial charge in [-0.05, 0) is 63.1 Å². The zero-order chi connectivity index (χ0) is 13.7. The lowest BCUT2D eigenvalue weighted by atomic mass is 9.74. The third-order valence-corrected chi connectivity index (χ3v) is 3.98. The molecule has 0 atom stereocenters. The first-order chi connectivity index (χ1) is 9.20. The van der Waals surface area contributed by atoms with Crippen molar-refractivity contribution >= 4 is 0 Å². The Labute approximate surface area is 113 Å². The third kappa shape index (κ3) is 3.12. The van der Waals surface area contributed by atoms with Gasteiger partial charge in [0, 0.05) is 0 Å². The largest absolute Gasteiger partial charge is 0.330 e. The van der Waals surface area contributed by atoms with Crippen LogP contribution in [0.4, 0.5) is 4.39 Å². The predicted molar refractivity (Wildman–Crippen MR) is 73.0 cm³/mol. The monoisotopic (exact) mass is 261 g/mol. The lowest BCUT2D eigenvalue weighted by Gasteiger charge is -2.37. The minimum atomic E-state index is -0.526. The zero-order valence-electron chi connectivity index (χ0n) is 11.1. The number of hydrogen-bond donors (Lipinski definition) is 1. The van der Waals surface area contributed by atoms with Gasteiger partial charge in [0.2, 0.25) is 0 Å². The highest BCUT2D eigenvalue weighted by Gasteiger charge is 2.36. The Balaban J connectivity index is 2.08. The number of benzene rings is 1. The number of nitriles is 1. The van der Waals surface area contributed by atoms with Gasteiger partial charge >= 0.3 is 0 Å². The summed E-state index contributed by atoms with van der Waals surface area (Å²) in [7, 11) is 0. The lowest BCUT2D eigenvalue weighted by molar-refractivity contribution is 0.185. The molecular weight excluding hydrogens is 241 g/mol. The van der Waals surface area contributed by atoms with Gasteiger partial charge in [0.1, 0.15) is 5.82 Å². The molecule has 1 aromatic rings. The van der Waals surface area contributed by atoms with Gasteiger partial charge in [0.05, 0.1) is 11.5 Å². The summed E-state index contributed by atoms with van der Waals surface area (Å²) in [5.41, 5.74) is 5.80. The third-order valence-electron chi connectivity index (χ3n) is 3.98. The Morgan fingerprint density at radius 2 is 2.11 bits per heavy atom. The average Bonchev–Trinajstić information content (AvgIpc) is 2.46. The van der Waals surface area contributed by atoms with Crippen LogP contribution >= 0.6 is 0 Å². The van der Waals surface area contributed by atoms with E-state index in [2.05, 4.69) is 11.0 Å². The Bertz CT molecular complexity index is 459. The number of hydrogen-bond acceptors (Lipinski definition) is 3. The maximum Gasteiger partial charge on any atom is 0.123 e. The van der Waals surface area contributed by atoms with E-state index in [0.29, 0.717) is 6.54 Å². The lowest BCUT2D eigenvalue weighted by Crippen LogP contribution is -2.42. The molecule has 1 aliphatic heterocycles. The van der Waals surface area contributed by atoms with Crippen LogP contribution in [0.15, 0.2) is 24.3 Å². The number of nitrogens with two attached hydrogens (primary N) is 1. The van der Waals surface area contributed by atoms with Gasteiger partial charge in [0.15, 0.2) is 0 Å². The van der Waals surface area contributed by atoms with Crippen LogP contribution in [0.5, 0.6) is 0 Å². The molecule has 2 N–H and O–H groups in total. The second-order valence-corrected chi connectivity index (χ2v) is 5.19. The molecule has 0 unspecified atom stereocenters. The smallest absolute Gasteiger partial charge is 0.123 e. The van der Waals surface area contributed by atoms with Crippen molar-refractivity contribution in [2.45, 2.75) is 24.7 Å². The summed E-state index contributed by atoms with van der Waals surface area (Å²) in [6.07, 6.45) is 2.51. The van der Waals surface area contributed by atoms with Crippen LogP contribution in [-0.2, 0) is 5.41 Å². The van der Waals surface area contributed by atoms with Gasteiger partial charge in [0.25, 0.3) is 0 Å². The van der Waals surface area contributed by atoms with Crippen molar-refractivity contribution in [2.75, 3.05) is 26.2 Å². The molecule has 0 amide bonds. The standard InChI is InChI=1S/C15H20FN3/c16-14-4-1-3-13(11-14)15(12-18)5-9-19(10-6-15)8-2-7-17/h1,3-4,11H,2,5-10,17H2. The van der Waals surface area contributed by atoms with Crippen LogP contribution in [-0.4, -0.2) is 31.1 Å². The molecule has 1 heterocycles.